The number of imidazole rings is 1. The molecule has 0 amide bonds. The first kappa shape index (κ1) is 12.8. The second kappa shape index (κ2) is 5.83. The molecule has 2 rings (SSSR count). The van der Waals surface area contributed by atoms with E-state index >= 15 is 0 Å². The van der Waals surface area contributed by atoms with Gasteiger partial charge in [-0.15, -0.1) is 0 Å². The molecule has 18 heavy (non-hydrogen) atoms. The van der Waals surface area contributed by atoms with Gasteiger partial charge in [0.15, 0.2) is 0 Å². The van der Waals surface area contributed by atoms with Crippen molar-refractivity contribution in [1.82, 2.24) is 14.9 Å². The average molecular weight is 243 g/mol. The molecule has 0 saturated heterocycles. The van der Waals surface area contributed by atoms with Crippen LogP contribution in [0.3, 0.4) is 0 Å². The third kappa shape index (κ3) is 2.79. The van der Waals surface area contributed by atoms with E-state index < -0.39 is 0 Å². The molecule has 0 spiro atoms. The van der Waals surface area contributed by atoms with Crippen LogP contribution in [-0.2, 0) is 13.5 Å². The quantitative estimate of drug-likeness (QED) is 0.875. The fraction of sp³-hybridized carbons (Fsp3) is 0.400. The van der Waals surface area contributed by atoms with Gasteiger partial charge in [0, 0.05) is 13.2 Å². The van der Waals surface area contributed by atoms with Gasteiger partial charge in [-0.25, -0.2) is 4.98 Å². The second-order valence-corrected chi connectivity index (χ2v) is 4.68. The lowest BCUT2D eigenvalue weighted by molar-refractivity contribution is 0.673. The van der Waals surface area contributed by atoms with Crippen LogP contribution in [0.2, 0.25) is 0 Å². The summed E-state index contributed by atoms with van der Waals surface area (Å²) in [5, 5.41) is 3.32. The molecule has 1 heterocycles. The first-order valence-electron chi connectivity index (χ1n) is 6.48. The molecule has 3 nitrogen and oxygen atoms in total. The summed E-state index contributed by atoms with van der Waals surface area (Å²) < 4.78 is 1.98. The molecule has 0 aliphatic carbocycles. The van der Waals surface area contributed by atoms with Crippen LogP contribution in [0.5, 0.6) is 0 Å². The zero-order valence-corrected chi connectivity index (χ0v) is 11.4. The summed E-state index contributed by atoms with van der Waals surface area (Å²) in [5.74, 6) is 0. The summed E-state index contributed by atoms with van der Waals surface area (Å²) in [7, 11) is 3.97. The maximum absolute atomic E-state index is 4.42. The van der Waals surface area contributed by atoms with E-state index in [0.29, 0.717) is 0 Å². The summed E-state index contributed by atoms with van der Waals surface area (Å²) >= 11 is 0. The van der Waals surface area contributed by atoms with Crippen molar-refractivity contribution in [3.63, 3.8) is 0 Å². The van der Waals surface area contributed by atoms with Gasteiger partial charge in [0.25, 0.3) is 0 Å². The van der Waals surface area contributed by atoms with Crippen LogP contribution >= 0.6 is 0 Å². The second-order valence-electron chi connectivity index (χ2n) is 4.68. The van der Waals surface area contributed by atoms with Crippen LogP contribution in [-0.4, -0.2) is 16.6 Å². The van der Waals surface area contributed by atoms with E-state index in [0.717, 1.165) is 12.1 Å². The summed E-state index contributed by atoms with van der Waals surface area (Å²) in [6.45, 7) is 2.21. The van der Waals surface area contributed by atoms with Crippen LogP contribution < -0.4 is 5.32 Å². The number of hydrogen-bond acceptors (Lipinski definition) is 2. The minimum absolute atomic E-state index is 0.168. The predicted octanol–water partition coefficient (Wildman–Crippen LogP) is 2.68. The molecule has 0 aliphatic heterocycles. The molecular weight excluding hydrogens is 222 g/mol. The Bertz CT molecular complexity index is 485. The maximum Gasteiger partial charge on any atom is 0.0947 e. The van der Waals surface area contributed by atoms with E-state index in [2.05, 4.69) is 47.7 Å². The first-order chi connectivity index (χ1) is 8.74. The summed E-state index contributed by atoms with van der Waals surface area (Å²) in [5.41, 5.74) is 3.72. The lowest BCUT2D eigenvalue weighted by Gasteiger charge is -2.14. The van der Waals surface area contributed by atoms with Gasteiger partial charge in [-0.2, -0.15) is 0 Å². The Morgan fingerprint density at radius 2 is 2.00 bits per heavy atom. The first-order valence-corrected chi connectivity index (χ1v) is 6.48. The van der Waals surface area contributed by atoms with Crippen molar-refractivity contribution in [1.29, 1.82) is 0 Å². The predicted molar refractivity (Wildman–Crippen MR) is 74.5 cm³/mol. The Labute approximate surface area is 109 Å². The molecule has 1 unspecified atom stereocenters. The maximum atomic E-state index is 4.42. The highest BCUT2D eigenvalue weighted by Crippen LogP contribution is 2.20. The monoisotopic (exact) mass is 243 g/mol. The number of hydrogen-bond donors (Lipinski definition) is 1. The van der Waals surface area contributed by atoms with E-state index in [1.807, 2.05) is 25.0 Å². The van der Waals surface area contributed by atoms with Gasteiger partial charge >= 0.3 is 0 Å². The van der Waals surface area contributed by atoms with Crippen LogP contribution in [0.15, 0.2) is 36.8 Å². The highest BCUT2D eigenvalue weighted by atomic mass is 15.0. The van der Waals surface area contributed by atoms with Gasteiger partial charge in [0.1, 0.15) is 0 Å². The number of benzene rings is 1. The molecule has 2 aromatic rings. The lowest BCUT2D eigenvalue weighted by atomic mass is 10.0. The fourth-order valence-corrected chi connectivity index (χ4v) is 2.23. The molecule has 3 heteroatoms. The molecule has 0 saturated carbocycles. The largest absolute Gasteiger partial charge is 0.340 e. The molecule has 1 N–H and O–H groups in total. The number of rotatable bonds is 5. The number of aromatic nitrogens is 2. The third-order valence-electron chi connectivity index (χ3n) is 3.16. The Morgan fingerprint density at radius 3 is 2.50 bits per heavy atom. The molecule has 0 bridgehead atoms. The molecule has 1 aromatic carbocycles. The molecular formula is C15H21N3. The zero-order valence-electron chi connectivity index (χ0n) is 11.4. The van der Waals surface area contributed by atoms with E-state index in [1.165, 1.54) is 17.5 Å². The topological polar surface area (TPSA) is 29.9 Å². The molecule has 0 radical (unpaired) electrons. The van der Waals surface area contributed by atoms with Crippen molar-refractivity contribution in [2.45, 2.75) is 25.8 Å². The van der Waals surface area contributed by atoms with Gasteiger partial charge in [0.05, 0.1) is 18.1 Å². The van der Waals surface area contributed by atoms with Crippen LogP contribution in [0, 0.1) is 0 Å². The fourth-order valence-electron chi connectivity index (χ4n) is 2.23. The standard InChI is InChI=1S/C15H21N3/c1-4-5-12-6-8-13(9-7-12)15(16-2)14-10-18(3)11-17-14/h6-11,15-16H,4-5H2,1-3H3. The van der Waals surface area contributed by atoms with E-state index in [-0.39, 0.29) is 6.04 Å². The Balaban J connectivity index is 2.22. The summed E-state index contributed by atoms with van der Waals surface area (Å²) in [6.07, 6.45) is 6.23. The van der Waals surface area contributed by atoms with E-state index in [1.54, 1.807) is 0 Å². The van der Waals surface area contributed by atoms with Gasteiger partial charge in [0.2, 0.25) is 0 Å². The van der Waals surface area contributed by atoms with Gasteiger partial charge in [-0.05, 0) is 24.6 Å². The van der Waals surface area contributed by atoms with Crippen LogP contribution in [0.4, 0.5) is 0 Å². The Kier molecular flexibility index (Phi) is 4.15. The zero-order chi connectivity index (χ0) is 13.0. The van der Waals surface area contributed by atoms with Gasteiger partial charge < -0.3 is 9.88 Å². The number of aryl methyl sites for hydroxylation is 2. The molecule has 0 fully saturated rings. The Hall–Kier alpha value is -1.61. The van der Waals surface area contributed by atoms with Crippen molar-refractivity contribution >= 4 is 0 Å². The van der Waals surface area contributed by atoms with E-state index in [4.69, 9.17) is 0 Å². The van der Waals surface area contributed by atoms with Crippen molar-refractivity contribution in [2.24, 2.45) is 7.05 Å². The van der Waals surface area contributed by atoms with Gasteiger partial charge in [-0.3, -0.25) is 0 Å². The molecule has 96 valence electrons. The number of nitrogens with zero attached hydrogens (tertiary/aromatic N) is 2. The minimum atomic E-state index is 0.168. The third-order valence-corrected chi connectivity index (χ3v) is 3.16. The Morgan fingerprint density at radius 1 is 1.28 bits per heavy atom. The molecule has 0 aliphatic rings. The van der Waals surface area contributed by atoms with Crippen molar-refractivity contribution < 1.29 is 0 Å². The van der Waals surface area contributed by atoms with Crippen molar-refractivity contribution in [3.05, 3.63) is 53.6 Å². The lowest BCUT2D eigenvalue weighted by Crippen LogP contribution is -2.18. The summed E-state index contributed by atoms with van der Waals surface area (Å²) in [4.78, 5) is 4.42. The van der Waals surface area contributed by atoms with Crippen LogP contribution in [0.25, 0.3) is 0 Å². The molecule has 1 atom stereocenters. The smallest absolute Gasteiger partial charge is 0.0947 e. The van der Waals surface area contributed by atoms with Gasteiger partial charge in [-0.1, -0.05) is 37.6 Å². The van der Waals surface area contributed by atoms with Crippen molar-refractivity contribution in [3.8, 4) is 0 Å². The highest BCUT2D eigenvalue weighted by molar-refractivity contribution is 5.30. The van der Waals surface area contributed by atoms with Crippen molar-refractivity contribution in [2.75, 3.05) is 7.05 Å². The van der Waals surface area contributed by atoms with E-state index in [9.17, 15) is 0 Å². The minimum Gasteiger partial charge on any atom is -0.340 e. The van der Waals surface area contributed by atoms with Crippen LogP contribution in [0.1, 0.15) is 36.2 Å². The average Bonchev–Trinajstić information content (AvgIpc) is 2.79. The summed E-state index contributed by atoms with van der Waals surface area (Å²) in [6, 6.07) is 8.99. The highest BCUT2D eigenvalue weighted by Gasteiger charge is 2.13. The molecule has 1 aromatic heterocycles. The SMILES string of the molecule is CCCc1ccc(C(NC)c2cn(C)cn2)cc1. The normalized spacial score (nSPS) is 12.6. The number of nitrogens with one attached hydrogen (secondary N) is 1.